The average Bonchev–Trinajstić information content (AvgIpc) is 2.33. The second-order valence-electron chi connectivity index (χ2n) is 5.01. The molecule has 1 rings (SSSR count). The van der Waals surface area contributed by atoms with Crippen molar-refractivity contribution >= 4 is 6.08 Å². The maximum atomic E-state index is 8.64. The van der Waals surface area contributed by atoms with E-state index in [1.807, 2.05) is 18.2 Å². The van der Waals surface area contributed by atoms with Crippen LogP contribution in [0.3, 0.4) is 0 Å². The van der Waals surface area contributed by atoms with E-state index in [9.17, 15) is 0 Å². The van der Waals surface area contributed by atoms with E-state index in [1.165, 1.54) is 6.08 Å². The molecule has 1 aromatic carbocycles. The summed E-state index contributed by atoms with van der Waals surface area (Å²) in [6.07, 6.45) is 3.17. The Morgan fingerprint density at radius 2 is 1.83 bits per heavy atom. The highest BCUT2D eigenvalue weighted by molar-refractivity contribution is 5.65. The zero-order chi connectivity index (χ0) is 13.8. The van der Waals surface area contributed by atoms with Crippen molar-refractivity contribution in [1.82, 2.24) is 0 Å². The van der Waals surface area contributed by atoms with Crippen LogP contribution in [0.25, 0.3) is 6.08 Å². The molecular formula is C15H19NO2. The highest BCUT2D eigenvalue weighted by Gasteiger charge is 2.21. The third kappa shape index (κ3) is 3.04. The van der Waals surface area contributed by atoms with Crippen molar-refractivity contribution in [2.45, 2.75) is 26.2 Å². The van der Waals surface area contributed by atoms with E-state index in [4.69, 9.17) is 14.7 Å². The minimum absolute atomic E-state index is 0.0604. The van der Waals surface area contributed by atoms with Crippen LogP contribution in [0.1, 0.15) is 31.9 Å². The summed E-state index contributed by atoms with van der Waals surface area (Å²) in [7, 11) is 3.27. The Kier molecular flexibility index (Phi) is 4.38. The van der Waals surface area contributed by atoms with Crippen LogP contribution < -0.4 is 9.47 Å². The van der Waals surface area contributed by atoms with Crippen LogP contribution in [0.2, 0.25) is 0 Å². The lowest BCUT2D eigenvalue weighted by Crippen LogP contribution is -2.13. The molecule has 1 aromatic rings. The van der Waals surface area contributed by atoms with E-state index < -0.39 is 0 Å². The number of allylic oxidation sites excluding steroid dienone is 1. The van der Waals surface area contributed by atoms with E-state index in [2.05, 4.69) is 20.8 Å². The van der Waals surface area contributed by atoms with Crippen molar-refractivity contribution in [3.8, 4) is 17.6 Å². The molecule has 18 heavy (non-hydrogen) atoms. The van der Waals surface area contributed by atoms with E-state index >= 15 is 0 Å². The van der Waals surface area contributed by atoms with Crippen LogP contribution in [0.15, 0.2) is 18.2 Å². The highest BCUT2D eigenvalue weighted by Crippen LogP contribution is 2.37. The molecular weight excluding hydrogens is 226 g/mol. The minimum Gasteiger partial charge on any atom is -0.497 e. The highest BCUT2D eigenvalue weighted by atomic mass is 16.5. The van der Waals surface area contributed by atoms with Gasteiger partial charge in [-0.1, -0.05) is 20.8 Å². The first-order valence-electron chi connectivity index (χ1n) is 5.76. The summed E-state index contributed by atoms with van der Waals surface area (Å²) < 4.78 is 10.8. The predicted molar refractivity (Wildman–Crippen MR) is 72.9 cm³/mol. The Balaban J connectivity index is 3.51. The average molecular weight is 245 g/mol. The quantitative estimate of drug-likeness (QED) is 0.765. The Morgan fingerprint density at radius 3 is 2.28 bits per heavy atom. The fourth-order valence-electron chi connectivity index (χ4n) is 1.78. The molecule has 0 saturated heterocycles. The van der Waals surface area contributed by atoms with Gasteiger partial charge in [-0.2, -0.15) is 5.26 Å². The zero-order valence-electron chi connectivity index (χ0n) is 11.6. The van der Waals surface area contributed by atoms with Crippen molar-refractivity contribution in [2.75, 3.05) is 14.2 Å². The first-order valence-corrected chi connectivity index (χ1v) is 5.76. The first-order chi connectivity index (χ1) is 8.43. The van der Waals surface area contributed by atoms with Crippen molar-refractivity contribution in [3.05, 3.63) is 29.3 Å². The molecule has 0 heterocycles. The Hall–Kier alpha value is -1.95. The number of ether oxygens (including phenoxy) is 2. The first kappa shape index (κ1) is 14.1. The molecule has 0 atom stereocenters. The monoisotopic (exact) mass is 245 g/mol. The summed E-state index contributed by atoms with van der Waals surface area (Å²) in [6.45, 7) is 6.34. The van der Waals surface area contributed by atoms with Crippen molar-refractivity contribution in [2.24, 2.45) is 0 Å². The molecule has 0 unspecified atom stereocenters. The molecule has 3 heteroatoms. The van der Waals surface area contributed by atoms with Crippen LogP contribution in [-0.4, -0.2) is 14.2 Å². The molecule has 0 amide bonds. The molecule has 3 nitrogen and oxygen atoms in total. The molecule has 0 N–H and O–H groups in total. The van der Waals surface area contributed by atoms with Crippen molar-refractivity contribution in [1.29, 1.82) is 5.26 Å². The molecule has 0 aliphatic carbocycles. The van der Waals surface area contributed by atoms with Gasteiger partial charge in [-0.3, -0.25) is 0 Å². The molecule has 0 fully saturated rings. The molecule has 0 aromatic heterocycles. The normalized spacial score (nSPS) is 11.3. The number of rotatable bonds is 3. The smallest absolute Gasteiger partial charge is 0.130 e. The second kappa shape index (κ2) is 5.59. The molecule has 0 aliphatic rings. The summed E-state index contributed by atoms with van der Waals surface area (Å²) in [4.78, 5) is 0. The standard InChI is InChI=1S/C15H19NO2/c1-15(2,3)13-10-12(17-4)9-11(7-6-8-16)14(13)18-5/h6-7,9-10H,1-5H3/b7-6+. The number of nitriles is 1. The largest absolute Gasteiger partial charge is 0.497 e. The van der Waals surface area contributed by atoms with Gasteiger partial charge in [0.25, 0.3) is 0 Å². The maximum Gasteiger partial charge on any atom is 0.130 e. The number of hydrogen-bond acceptors (Lipinski definition) is 3. The van der Waals surface area contributed by atoms with Crippen LogP contribution in [0, 0.1) is 11.3 Å². The van der Waals surface area contributed by atoms with Gasteiger partial charge in [-0.05, 0) is 23.6 Å². The van der Waals surface area contributed by atoms with Gasteiger partial charge < -0.3 is 9.47 Å². The van der Waals surface area contributed by atoms with Crippen molar-refractivity contribution < 1.29 is 9.47 Å². The summed E-state index contributed by atoms with van der Waals surface area (Å²) in [5.74, 6) is 1.55. The van der Waals surface area contributed by atoms with Crippen molar-refractivity contribution in [3.63, 3.8) is 0 Å². The third-order valence-corrected chi connectivity index (χ3v) is 2.68. The molecule has 0 saturated carbocycles. The van der Waals surface area contributed by atoms with E-state index in [-0.39, 0.29) is 5.41 Å². The van der Waals surface area contributed by atoms with Gasteiger partial charge in [-0.15, -0.1) is 0 Å². The summed E-state index contributed by atoms with van der Waals surface area (Å²) in [5.41, 5.74) is 1.85. The maximum absolute atomic E-state index is 8.64. The molecule has 0 bridgehead atoms. The fourth-order valence-corrected chi connectivity index (χ4v) is 1.78. The molecule has 0 radical (unpaired) electrons. The minimum atomic E-state index is -0.0604. The number of hydrogen-bond donors (Lipinski definition) is 0. The van der Waals surface area contributed by atoms with Crippen LogP contribution >= 0.6 is 0 Å². The topological polar surface area (TPSA) is 42.2 Å². The molecule has 0 aliphatic heterocycles. The second-order valence-corrected chi connectivity index (χ2v) is 5.01. The van der Waals surface area contributed by atoms with Gasteiger partial charge in [0, 0.05) is 17.2 Å². The molecule has 96 valence electrons. The van der Waals surface area contributed by atoms with Crippen LogP contribution in [-0.2, 0) is 5.41 Å². The molecule has 0 spiro atoms. The number of methoxy groups -OCH3 is 2. The van der Waals surface area contributed by atoms with Gasteiger partial charge in [0.05, 0.1) is 20.3 Å². The van der Waals surface area contributed by atoms with Gasteiger partial charge in [-0.25, -0.2) is 0 Å². The van der Waals surface area contributed by atoms with Gasteiger partial charge in [0.2, 0.25) is 0 Å². The summed E-state index contributed by atoms with van der Waals surface area (Å²) in [5, 5.41) is 8.64. The lowest BCUT2D eigenvalue weighted by atomic mass is 9.85. The zero-order valence-corrected chi connectivity index (χ0v) is 11.6. The summed E-state index contributed by atoms with van der Waals surface area (Å²) in [6, 6.07) is 5.82. The van der Waals surface area contributed by atoms with Gasteiger partial charge in [0.15, 0.2) is 0 Å². The number of nitrogens with zero attached hydrogens (tertiary/aromatic N) is 1. The Labute approximate surface area is 109 Å². The van der Waals surface area contributed by atoms with Crippen LogP contribution in [0.4, 0.5) is 0 Å². The Bertz CT molecular complexity index is 490. The van der Waals surface area contributed by atoms with Gasteiger partial charge >= 0.3 is 0 Å². The van der Waals surface area contributed by atoms with E-state index in [0.717, 1.165) is 22.6 Å². The van der Waals surface area contributed by atoms with E-state index in [0.29, 0.717) is 0 Å². The summed E-state index contributed by atoms with van der Waals surface area (Å²) >= 11 is 0. The third-order valence-electron chi connectivity index (χ3n) is 2.68. The SMILES string of the molecule is COc1cc(/C=C/C#N)c(OC)c(C(C)(C)C)c1. The predicted octanol–water partition coefficient (Wildman–Crippen LogP) is 3.54. The number of benzene rings is 1. The lowest BCUT2D eigenvalue weighted by Gasteiger charge is -2.24. The van der Waals surface area contributed by atoms with Gasteiger partial charge in [0.1, 0.15) is 11.5 Å². The van der Waals surface area contributed by atoms with Crippen LogP contribution in [0.5, 0.6) is 11.5 Å². The lowest BCUT2D eigenvalue weighted by molar-refractivity contribution is 0.387. The Morgan fingerprint density at radius 1 is 1.17 bits per heavy atom. The van der Waals surface area contributed by atoms with E-state index in [1.54, 1.807) is 20.3 Å². The fraction of sp³-hybridized carbons (Fsp3) is 0.400.